The number of rotatable bonds is 4. The van der Waals surface area contributed by atoms with Crippen LogP contribution in [0.5, 0.6) is 5.75 Å². The fraction of sp³-hybridized carbons (Fsp3) is 0.462. The fourth-order valence-electron chi connectivity index (χ4n) is 5.56. The zero-order chi connectivity index (χ0) is 23.2. The number of hydrogen-bond donors (Lipinski definition) is 1. The quantitative estimate of drug-likeness (QED) is 0.739. The largest absolute Gasteiger partial charge is 0.495 e. The van der Waals surface area contributed by atoms with Gasteiger partial charge in [-0.1, -0.05) is 35.9 Å². The first kappa shape index (κ1) is 22.2. The maximum atomic E-state index is 13.3. The molecule has 0 radical (unpaired) electrons. The number of piperidine rings is 1. The van der Waals surface area contributed by atoms with Gasteiger partial charge < -0.3 is 15.0 Å². The van der Waals surface area contributed by atoms with E-state index in [1.807, 2.05) is 11.9 Å². The molecular formula is C26H30ClN3O3. The molecular weight excluding hydrogens is 438 g/mol. The van der Waals surface area contributed by atoms with Crippen molar-refractivity contribution in [2.75, 3.05) is 32.6 Å². The van der Waals surface area contributed by atoms with Gasteiger partial charge in [0.15, 0.2) is 0 Å². The summed E-state index contributed by atoms with van der Waals surface area (Å²) in [5, 5.41) is 3.48. The van der Waals surface area contributed by atoms with Crippen molar-refractivity contribution >= 4 is 29.1 Å². The van der Waals surface area contributed by atoms with Crippen LogP contribution in [0.15, 0.2) is 42.5 Å². The van der Waals surface area contributed by atoms with E-state index < -0.39 is 0 Å². The highest BCUT2D eigenvalue weighted by Gasteiger charge is 2.59. The Labute approximate surface area is 199 Å². The smallest absolute Gasteiger partial charge is 0.240 e. The molecule has 2 heterocycles. The molecule has 1 spiro atoms. The first-order valence-corrected chi connectivity index (χ1v) is 12.0. The molecule has 1 aliphatic carbocycles. The molecule has 7 heteroatoms. The topological polar surface area (TPSA) is 61.9 Å². The maximum absolute atomic E-state index is 13.3. The Kier molecular flexibility index (Phi) is 5.83. The summed E-state index contributed by atoms with van der Waals surface area (Å²) in [5.41, 5.74) is 3.30. The molecule has 2 aromatic rings. The van der Waals surface area contributed by atoms with Crippen molar-refractivity contribution in [1.82, 2.24) is 9.80 Å². The first-order chi connectivity index (χ1) is 15.9. The van der Waals surface area contributed by atoms with Gasteiger partial charge in [-0.25, -0.2) is 0 Å². The van der Waals surface area contributed by atoms with Gasteiger partial charge in [0.25, 0.3) is 0 Å². The third-order valence-electron chi connectivity index (χ3n) is 7.76. The molecule has 2 aliphatic heterocycles. The minimum absolute atomic E-state index is 0.000129. The van der Waals surface area contributed by atoms with Crippen LogP contribution in [0.4, 0.5) is 5.69 Å². The van der Waals surface area contributed by atoms with Gasteiger partial charge in [0.1, 0.15) is 5.75 Å². The van der Waals surface area contributed by atoms with Gasteiger partial charge in [-0.15, -0.1) is 0 Å². The number of ether oxygens (including phenoxy) is 1. The van der Waals surface area contributed by atoms with Crippen LogP contribution in [-0.4, -0.2) is 54.9 Å². The normalized spacial score (nSPS) is 23.7. The zero-order valence-electron chi connectivity index (χ0n) is 19.1. The van der Waals surface area contributed by atoms with Crippen molar-refractivity contribution in [3.05, 3.63) is 58.6 Å². The summed E-state index contributed by atoms with van der Waals surface area (Å²) >= 11 is 6.18. The van der Waals surface area contributed by atoms with Crippen LogP contribution >= 0.6 is 11.6 Å². The molecule has 0 bridgehead atoms. The molecule has 174 valence electrons. The molecule has 1 saturated heterocycles. The highest BCUT2D eigenvalue weighted by molar-refractivity contribution is 6.32. The minimum Gasteiger partial charge on any atom is -0.495 e. The molecule has 2 aromatic carbocycles. The lowest BCUT2D eigenvalue weighted by molar-refractivity contribution is -0.138. The van der Waals surface area contributed by atoms with E-state index >= 15 is 0 Å². The van der Waals surface area contributed by atoms with Crippen LogP contribution in [0.3, 0.4) is 0 Å². The molecule has 2 amide bonds. The van der Waals surface area contributed by atoms with Gasteiger partial charge in [-0.2, -0.15) is 0 Å². The molecule has 1 saturated carbocycles. The lowest BCUT2D eigenvalue weighted by Crippen LogP contribution is -2.52. The van der Waals surface area contributed by atoms with Gasteiger partial charge in [-0.05, 0) is 67.5 Å². The van der Waals surface area contributed by atoms with Crippen molar-refractivity contribution in [3.63, 3.8) is 0 Å². The lowest BCUT2D eigenvalue weighted by Gasteiger charge is -2.39. The highest BCUT2D eigenvalue weighted by Crippen LogP contribution is 2.59. The summed E-state index contributed by atoms with van der Waals surface area (Å²) in [7, 11) is 3.60. The van der Waals surface area contributed by atoms with E-state index in [0.29, 0.717) is 16.5 Å². The first-order valence-electron chi connectivity index (χ1n) is 11.6. The fourth-order valence-corrected chi connectivity index (χ4v) is 5.82. The summed E-state index contributed by atoms with van der Waals surface area (Å²) < 4.78 is 5.17. The number of anilines is 1. The third kappa shape index (κ3) is 4.22. The Morgan fingerprint density at radius 2 is 1.85 bits per heavy atom. The SMILES string of the molecule is COc1ccc(NC(=O)[C@H]2CC23CCN(C(=O)[C@@H]2Cc4ccccc4CN2C)CC3)cc1Cl. The van der Waals surface area contributed by atoms with Crippen LogP contribution in [-0.2, 0) is 22.6 Å². The number of nitrogens with one attached hydrogen (secondary N) is 1. The Morgan fingerprint density at radius 1 is 1.12 bits per heavy atom. The number of halogens is 1. The molecule has 3 aliphatic rings. The Bertz CT molecular complexity index is 1080. The number of carbonyl (C=O) groups is 2. The number of nitrogens with zero attached hydrogens (tertiary/aromatic N) is 2. The van der Waals surface area contributed by atoms with E-state index in [1.54, 1.807) is 25.3 Å². The number of benzene rings is 2. The van der Waals surface area contributed by atoms with E-state index in [2.05, 4.69) is 34.5 Å². The Balaban J connectivity index is 1.17. The van der Waals surface area contributed by atoms with Crippen molar-refractivity contribution < 1.29 is 14.3 Å². The summed E-state index contributed by atoms with van der Waals surface area (Å²) in [5.74, 6) is 0.845. The summed E-state index contributed by atoms with van der Waals surface area (Å²) in [6.07, 6.45) is 3.42. The van der Waals surface area contributed by atoms with Crippen LogP contribution < -0.4 is 10.1 Å². The molecule has 5 rings (SSSR count). The summed E-state index contributed by atoms with van der Waals surface area (Å²) in [6.45, 7) is 2.26. The minimum atomic E-state index is -0.105. The van der Waals surface area contributed by atoms with Crippen LogP contribution in [0.2, 0.25) is 5.02 Å². The second kappa shape index (κ2) is 8.65. The van der Waals surface area contributed by atoms with Crippen molar-refractivity contribution in [2.45, 2.75) is 38.3 Å². The van der Waals surface area contributed by atoms with Gasteiger partial charge in [0.2, 0.25) is 11.8 Å². The number of carbonyl (C=O) groups excluding carboxylic acids is 2. The lowest BCUT2D eigenvalue weighted by atomic mass is 9.89. The second-order valence-electron chi connectivity index (χ2n) is 9.69. The molecule has 2 fully saturated rings. The Morgan fingerprint density at radius 3 is 2.55 bits per heavy atom. The predicted octanol–water partition coefficient (Wildman–Crippen LogP) is 3.97. The number of hydrogen-bond acceptors (Lipinski definition) is 4. The van der Waals surface area contributed by atoms with Crippen LogP contribution in [0.25, 0.3) is 0 Å². The number of methoxy groups -OCH3 is 1. The van der Waals surface area contributed by atoms with E-state index in [-0.39, 0.29) is 29.2 Å². The molecule has 0 aromatic heterocycles. The van der Waals surface area contributed by atoms with Crippen LogP contribution in [0.1, 0.15) is 30.4 Å². The van der Waals surface area contributed by atoms with Crippen molar-refractivity contribution in [2.24, 2.45) is 11.3 Å². The average Bonchev–Trinajstić information content (AvgIpc) is 3.52. The highest BCUT2D eigenvalue weighted by atomic mass is 35.5. The molecule has 6 nitrogen and oxygen atoms in total. The monoisotopic (exact) mass is 467 g/mol. The molecule has 33 heavy (non-hydrogen) atoms. The molecule has 1 N–H and O–H groups in total. The van der Waals surface area contributed by atoms with Gasteiger partial charge >= 0.3 is 0 Å². The summed E-state index contributed by atoms with van der Waals surface area (Å²) in [4.78, 5) is 30.4. The van der Waals surface area contributed by atoms with E-state index in [0.717, 1.165) is 45.3 Å². The van der Waals surface area contributed by atoms with Gasteiger partial charge in [0.05, 0.1) is 18.2 Å². The number of likely N-dealkylation sites (tertiary alicyclic amines) is 1. The second-order valence-corrected chi connectivity index (χ2v) is 10.1. The average molecular weight is 468 g/mol. The molecule has 2 atom stereocenters. The van der Waals surface area contributed by atoms with Gasteiger partial charge in [-0.3, -0.25) is 14.5 Å². The zero-order valence-corrected chi connectivity index (χ0v) is 19.9. The summed E-state index contributed by atoms with van der Waals surface area (Å²) in [6, 6.07) is 13.6. The van der Waals surface area contributed by atoms with E-state index in [1.165, 1.54) is 11.1 Å². The van der Waals surface area contributed by atoms with E-state index in [9.17, 15) is 9.59 Å². The number of fused-ring (bicyclic) bond motifs is 1. The van der Waals surface area contributed by atoms with Gasteiger partial charge in [0, 0.05) is 31.2 Å². The van der Waals surface area contributed by atoms with Crippen LogP contribution in [0, 0.1) is 11.3 Å². The van der Waals surface area contributed by atoms with Crippen molar-refractivity contribution in [3.8, 4) is 5.75 Å². The number of likely N-dealkylation sites (N-methyl/N-ethyl adjacent to an activating group) is 1. The van der Waals surface area contributed by atoms with E-state index in [4.69, 9.17) is 16.3 Å². The number of amides is 2. The maximum Gasteiger partial charge on any atom is 0.240 e. The molecule has 0 unspecified atom stereocenters. The standard InChI is InChI=1S/C26H30ClN3O3/c1-29-16-18-6-4-3-5-17(18)13-22(29)25(32)30-11-9-26(10-12-30)15-20(26)24(31)28-19-7-8-23(33-2)21(27)14-19/h3-8,14,20,22H,9-13,15-16H2,1-2H3,(H,28,31)/t20-,22+/m1/s1. The Hall–Kier alpha value is -2.57. The van der Waals surface area contributed by atoms with Crippen molar-refractivity contribution in [1.29, 1.82) is 0 Å². The third-order valence-corrected chi connectivity index (χ3v) is 8.06. The predicted molar refractivity (Wildman–Crippen MR) is 128 cm³/mol.